The molecule has 0 spiro atoms. The van der Waals surface area contributed by atoms with Crippen molar-refractivity contribution < 1.29 is 9.63 Å². The van der Waals surface area contributed by atoms with Crippen molar-refractivity contribution in [2.75, 3.05) is 6.54 Å². The molecule has 4 nitrogen and oxygen atoms in total. The first-order valence-corrected chi connectivity index (χ1v) is 2.92. The molecule has 1 aliphatic rings. The second-order valence-corrected chi connectivity index (χ2v) is 1.83. The predicted molar refractivity (Wildman–Crippen MR) is 36.1 cm³/mol. The van der Waals surface area contributed by atoms with Crippen LogP contribution in [-0.4, -0.2) is 23.9 Å². The van der Waals surface area contributed by atoms with Gasteiger partial charge in [-0.1, -0.05) is 0 Å². The van der Waals surface area contributed by atoms with E-state index in [1.807, 2.05) is 0 Å². The Bertz CT molecular complexity index is 186. The quantitative estimate of drug-likeness (QED) is 0.526. The van der Waals surface area contributed by atoms with E-state index < -0.39 is 0 Å². The molecule has 0 saturated carbocycles. The van der Waals surface area contributed by atoms with E-state index in [2.05, 4.69) is 9.83 Å². The van der Waals surface area contributed by atoms with E-state index >= 15 is 0 Å². The van der Waals surface area contributed by atoms with Crippen LogP contribution in [0.1, 0.15) is 6.92 Å². The van der Waals surface area contributed by atoms with Crippen molar-refractivity contribution in [3.63, 3.8) is 0 Å². The first-order valence-electron chi connectivity index (χ1n) is 2.92. The number of rotatable bonds is 1. The number of carbonyl (C=O) groups excluding carboxylic acids is 1. The predicted octanol–water partition coefficient (Wildman–Crippen LogP) is 0.322. The minimum Gasteiger partial charge on any atom is -0.340 e. The molecule has 0 aromatic carbocycles. The van der Waals surface area contributed by atoms with Crippen LogP contribution in [0.25, 0.3) is 0 Å². The summed E-state index contributed by atoms with van der Waals surface area (Å²) in [6, 6.07) is 0. The molecular formula is C6H8N2O2. The molecule has 0 fully saturated rings. The Balaban J connectivity index is 2.37. The van der Waals surface area contributed by atoms with Crippen molar-refractivity contribution >= 4 is 12.3 Å². The van der Waals surface area contributed by atoms with E-state index in [9.17, 15) is 4.79 Å². The number of hydrogen-bond donors (Lipinski definition) is 0. The van der Waals surface area contributed by atoms with Gasteiger partial charge in [0.25, 0.3) is 0 Å². The molecule has 0 aliphatic carbocycles. The van der Waals surface area contributed by atoms with Gasteiger partial charge in [-0.15, -0.1) is 0 Å². The minimum atomic E-state index is -0.332. The van der Waals surface area contributed by atoms with Crippen LogP contribution >= 0.6 is 0 Å². The molecule has 0 aromatic rings. The smallest absolute Gasteiger partial charge is 0.329 e. The number of hydrogen-bond acceptors (Lipinski definition) is 4. The van der Waals surface area contributed by atoms with Gasteiger partial charge in [0, 0.05) is 13.1 Å². The molecule has 0 unspecified atom stereocenters. The molecule has 1 aliphatic heterocycles. The van der Waals surface area contributed by atoms with Crippen LogP contribution in [0, 0.1) is 0 Å². The summed E-state index contributed by atoms with van der Waals surface area (Å²) in [6.07, 6.45) is 4.91. The third-order valence-corrected chi connectivity index (χ3v) is 0.918. The molecule has 10 heavy (non-hydrogen) atoms. The Morgan fingerprint density at radius 1 is 1.80 bits per heavy atom. The van der Waals surface area contributed by atoms with Gasteiger partial charge in [0.2, 0.25) is 0 Å². The van der Waals surface area contributed by atoms with Crippen LogP contribution in [-0.2, 0) is 9.63 Å². The SMILES string of the molecule is CC(=O)ON1C=NC=CC1. The molecule has 1 rings (SSSR count). The van der Waals surface area contributed by atoms with Crippen molar-refractivity contribution in [3.05, 3.63) is 12.3 Å². The summed E-state index contributed by atoms with van der Waals surface area (Å²) >= 11 is 0. The van der Waals surface area contributed by atoms with E-state index in [0.29, 0.717) is 6.54 Å². The van der Waals surface area contributed by atoms with Gasteiger partial charge in [-0.25, -0.2) is 4.99 Å². The highest BCUT2D eigenvalue weighted by Crippen LogP contribution is 1.93. The number of carbonyl (C=O) groups is 1. The maximum absolute atomic E-state index is 10.4. The van der Waals surface area contributed by atoms with Crippen molar-refractivity contribution in [2.24, 2.45) is 4.99 Å². The van der Waals surface area contributed by atoms with Crippen molar-refractivity contribution in [1.29, 1.82) is 0 Å². The second-order valence-electron chi connectivity index (χ2n) is 1.83. The lowest BCUT2D eigenvalue weighted by atomic mass is 10.5. The lowest BCUT2D eigenvalue weighted by Gasteiger charge is -2.16. The third kappa shape index (κ3) is 1.89. The average molecular weight is 140 g/mol. The van der Waals surface area contributed by atoms with Crippen molar-refractivity contribution in [3.8, 4) is 0 Å². The molecule has 4 heteroatoms. The Hall–Kier alpha value is -1.32. The highest BCUT2D eigenvalue weighted by atomic mass is 16.7. The summed E-state index contributed by atoms with van der Waals surface area (Å²) in [5, 5.41) is 1.36. The highest BCUT2D eigenvalue weighted by Gasteiger charge is 2.02. The fourth-order valence-corrected chi connectivity index (χ4v) is 0.598. The van der Waals surface area contributed by atoms with Crippen molar-refractivity contribution in [1.82, 2.24) is 5.06 Å². The zero-order valence-corrected chi connectivity index (χ0v) is 5.65. The standard InChI is InChI=1S/C6H8N2O2/c1-6(9)10-8-4-2-3-7-5-8/h2-3,5H,4H2,1H3. The van der Waals surface area contributed by atoms with E-state index in [0.717, 1.165) is 0 Å². The third-order valence-electron chi connectivity index (χ3n) is 0.918. The molecule has 0 N–H and O–H groups in total. The fraction of sp³-hybridized carbons (Fsp3) is 0.333. The van der Waals surface area contributed by atoms with Crippen LogP contribution in [0.3, 0.4) is 0 Å². The second kappa shape index (κ2) is 3.00. The minimum absolute atomic E-state index is 0.332. The first-order chi connectivity index (χ1) is 4.79. The van der Waals surface area contributed by atoms with Gasteiger partial charge in [0.15, 0.2) is 0 Å². The zero-order valence-electron chi connectivity index (χ0n) is 5.65. The molecule has 0 saturated heterocycles. The Labute approximate surface area is 58.8 Å². The zero-order chi connectivity index (χ0) is 7.40. The number of nitrogens with zero attached hydrogens (tertiary/aromatic N) is 2. The van der Waals surface area contributed by atoms with Gasteiger partial charge < -0.3 is 4.84 Å². The van der Waals surface area contributed by atoms with Gasteiger partial charge in [0.05, 0.1) is 6.54 Å². The summed E-state index contributed by atoms with van der Waals surface area (Å²) in [5.74, 6) is -0.332. The largest absolute Gasteiger partial charge is 0.340 e. The lowest BCUT2D eigenvalue weighted by Crippen LogP contribution is -2.26. The molecule has 0 amide bonds. The molecule has 0 bridgehead atoms. The van der Waals surface area contributed by atoms with Gasteiger partial charge in [-0.05, 0) is 6.08 Å². The van der Waals surface area contributed by atoms with E-state index in [1.54, 1.807) is 12.3 Å². The Kier molecular flexibility index (Phi) is 2.04. The monoisotopic (exact) mass is 140 g/mol. The average Bonchev–Trinajstić information content (AvgIpc) is 1.88. The first kappa shape index (κ1) is 6.80. The Morgan fingerprint density at radius 3 is 3.10 bits per heavy atom. The summed E-state index contributed by atoms with van der Waals surface area (Å²) in [4.78, 5) is 18.8. The fourth-order valence-electron chi connectivity index (χ4n) is 0.598. The lowest BCUT2D eigenvalue weighted by molar-refractivity contribution is -0.167. The maximum atomic E-state index is 10.4. The molecular weight excluding hydrogens is 132 g/mol. The van der Waals surface area contributed by atoms with E-state index in [-0.39, 0.29) is 5.97 Å². The van der Waals surface area contributed by atoms with Crippen LogP contribution in [0.15, 0.2) is 17.3 Å². The summed E-state index contributed by atoms with van der Waals surface area (Å²) in [7, 11) is 0. The van der Waals surface area contributed by atoms with Crippen molar-refractivity contribution in [2.45, 2.75) is 6.92 Å². The maximum Gasteiger partial charge on any atom is 0.329 e. The molecule has 0 atom stereocenters. The molecule has 54 valence electrons. The summed E-state index contributed by atoms with van der Waals surface area (Å²) in [6.45, 7) is 1.93. The van der Waals surface area contributed by atoms with Gasteiger partial charge in [0.1, 0.15) is 6.34 Å². The van der Waals surface area contributed by atoms with Gasteiger partial charge in [-0.3, -0.25) is 4.79 Å². The molecule has 0 aromatic heterocycles. The molecule has 1 heterocycles. The van der Waals surface area contributed by atoms with Crippen LogP contribution < -0.4 is 0 Å². The normalized spacial score (nSPS) is 15.5. The van der Waals surface area contributed by atoms with E-state index in [1.165, 1.54) is 18.3 Å². The summed E-state index contributed by atoms with van der Waals surface area (Å²) < 4.78 is 0. The number of hydroxylamine groups is 2. The van der Waals surface area contributed by atoms with Crippen LogP contribution in [0.5, 0.6) is 0 Å². The highest BCUT2D eigenvalue weighted by molar-refractivity contribution is 5.68. The van der Waals surface area contributed by atoms with E-state index in [4.69, 9.17) is 0 Å². The summed E-state index contributed by atoms with van der Waals surface area (Å²) in [5.41, 5.74) is 0. The topological polar surface area (TPSA) is 41.9 Å². The van der Waals surface area contributed by atoms with Gasteiger partial charge in [-0.2, -0.15) is 5.06 Å². The van der Waals surface area contributed by atoms with Gasteiger partial charge >= 0.3 is 5.97 Å². The number of aliphatic imine (C=N–C) groups is 1. The Morgan fingerprint density at radius 2 is 2.60 bits per heavy atom. The molecule has 0 radical (unpaired) electrons. The van der Waals surface area contributed by atoms with Crippen LogP contribution in [0.4, 0.5) is 0 Å². The van der Waals surface area contributed by atoms with Crippen LogP contribution in [0.2, 0.25) is 0 Å².